The molecular formula is C32H43NO6. The third-order valence-electron chi connectivity index (χ3n) is 7.26. The maximum atomic E-state index is 13.3. The number of hydrogen-bond acceptors (Lipinski definition) is 6. The van der Waals surface area contributed by atoms with Gasteiger partial charge in [0.1, 0.15) is 11.5 Å². The Morgan fingerprint density at radius 3 is 2.08 bits per heavy atom. The van der Waals surface area contributed by atoms with Crippen molar-refractivity contribution in [2.24, 2.45) is 0 Å². The van der Waals surface area contributed by atoms with E-state index in [0.717, 1.165) is 19.3 Å². The number of unbranched alkanes of at least 4 members (excludes halogenated alkanes) is 9. The van der Waals surface area contributed by atoms with Crippen LogP contribution < -0.4 is 9.47 Å². The number of Topliss-reactive ketones (excluding diaryl/α,β-unsaturated/α-hetero) is 1. The van der Waals surface area contributed by atoms with E-state index >= 15 is 0 Å². The number of aliphatic hydroxyl groups excluding tert-OH is 1. The average molecular weight is 538 g/mol. The molecule has 2 N–H and O–H groups in total. The molecule has 2 aromatic carbocycles. The number of phenols is 1. The Labute approximate surface area is 232 Å². The summed E-state index contributed by atoms with van der Waals surface area (Å²) in [6.07, 6.45) is 11.6. The lowest BCUT2D eigenvalue weighted by molar-refractivity contribution is -0.139. The van der Waals surface area contributed by atoms with Crippen LogP contribution >= 0.6 is 0 Å². The van der Waals surface area contributed by atoms with Gasteiger partial charge in [0.05, 0.1) is 25.3 Å². The molecule has 7 nitrogen and oxygen atoms in total. The van der Waals surface area contributed by atoms with E-state index in [2.05, 4.69) is 6.92 Å². The lowest BCUT2D eigenvalue weighted by Crippen LogP contribution is -2.30. The summed E-state index contributed by atoms with van der Waals surface area (Å²) in [5, 5.41) is 21.5. The van der Waals surface area contributed by atoms with Crippen molar-refractivity contribution in [2.75, 3.05) is 20.3 Å². The lowest BCUT2D eigenvalue weighted by atomic mass is 9.94. The molecule has 1 aliphatic heterocycles. The van der Waals surface area contributed by atoms with Gasteiger partial charge in [-0.05, 0) is 55.3 Å². The zero-order valence-electron chi connectivity index (χ0n) is 23.6. The first-order chi connectivity index (χ1) is 18.9. The maximum Gasteiger partial charge on any atom is 0.295 e. The Bertz CT molecular complexity index is 1120. The normalized spacial score (nSPS) is 16.6. The highest BCUT2D eigenvalue weighted by Crippen LogP contribution is 2.42. The van der Waals surface area contributed by atoms with Crippen molar-refractivity contribution in [3.63, 3.8) is 0 Å². The lowest BCUT2D eigenvalue weighted by Gasteiger charge is -2.26. The van der Waals surface area contributed by atoms with Crippen LogP contribution in [-0.2, 0) is 9.59 Å². The van der Waals surface area contributed by atoms with Crippen LogP contribution in [0.2, 0.25) is 0 Å². The van der Waals surface area contributed by atoms with E-state index in [4.69, 9.17) is 9.47 Å². The van der Waals surface area contributed by atoms with Crippen LogP contribution in [0.5, 0.6) is 17.2 Å². The molecule has 39 heavy (non-hydrogen) atoms. The number of likely N-dealkylation sites (tertiary alicyclic amines) is 1. The van der Waals surface area contributed by atoms with Crippen molar-refractivity contribution in [3.8, 4) is 17.2 Å². The molecule has 1 fully saturated rings. The van der Waals surface area contributed by atoms with E-state index < -0.39 is 17.7 Å². The van der Waals surface area contributed by atoms with Gasteiger partial charge in [-0.3, -0.25) is 9.59 Å². The number of carbonyl (C=O) groups excluding carboxylic acids is 2. The predicted molar refractivity (Wildman–Crippen MR) is 153 cm³/mol. The molecular weight excluding hydrogens is 494 g/mol. The number of phenolic OH excluding ortho intramolecular Hbond substituents is 1. The van der Waals surface area contributed by atoms with Crippen molar-refractivity contribution in [1.82, 2.24) is 4.90 Å². The monoisotopic (exact) mass is 537 g/mol. The third-order valence-corrected chi connectivity index (χ3v) is 7.26. The molecule has 1 amide bonds. The first-order valence-corrected chi connectivity index (χ1v) is 14.3. The molecule has 0 aliphatic carbocycles. The van der Waals surface area contributed by atoms with Crippen molar-refractivity contribution in [1.29, 1.82) is 0 Å². The van der Waals surface area contributed by atoms with E-state index in [-0.39, 0.29) is 22.8 Å². The number of aliphatic hydroxyl groups is 1. The quantitative estimate of drug-likeness (QED) is 0.102. The van der Waals surface area contributed by atoms with Gasteiger partial charge in [0.15, 0.2) is 11.5 Å². The van der Waals surface area contributed by atoms with Crippen LogP contribution in [-0.4, -0.2) is 47.1 Å². The third kappa shape index (κ3) is 7.78. The summed E-state index contributed by atoms with van der Waals surface area (Å²) in [6.45, 7) is 4.78. The molecule has 0 radical (unpaired) electrons. The summed E-state index contributed by atoms with van der Waals surface area (Å²) in [5.74, 6) is -0.725. The summed E-state index contributed by atoms with van der Waals surface area (Å²) >= 11 is 0. The summed E-state index contributed by atoms with van der Waals surface area (Å²) < 4.78 is 10.8. The SMILES string of the molecule is CCCCCCCCCCCCN1C(=O)C(=O)/C(=C(\O)c2ccc(OC)cc2)C1c1ccc(O)c(OCC)c1. The number of amides is 1. The van der Waals surface area contributed by atoms with Gasteiger partial charge in [-0.2, -0.15) is 0 Å². The summed E-state index contributed by atoms with van der Waals surface area (Å²) in [5.41, 5.74) is 1.05. The fourth-order valence-electron chi connectivity index (χ4n) is 5.10. The molecule has 212 valence electrons. The van der Waals surface area contributed by atoms with Gasteiger partial charge < -0.3 is 24.6 Å². The maximum absolute atomic E-state index is 13.3. The minimum absolute atomic E-state index is 0.0256. The second kappa shape index (κ2) is 15.2. The number of nitrogens with zero attached hydrogens (tertiary/aromatic N) is 1. The molecule has 1 saturated heterocycles. The van der Waals surface area contributed by atoms with Crippen molar-refractivity contribution >= 4 is 17.4 Å². The molecule has 3 rings (SSSR count). The van der Waals surface area contributed by atoms with Crippen LogP contribution in [0, 0.1) is 0 Å². The number of rotatable bonds is 16. The zero-order valence-corrected chi connectivity index (χ0v) is 23.6. The topological polar surface area (TPSA) is 96.3 Å². The molecule has 0 spiro atoms. The van der Waals surface area contributed by atoms with Gasteiger partial charge in [-0.25, -0.2) is 0 Å². The first-order valence-electron chi connectivity index (χ1n) is 14.3. The summed E-state index contributed by atoms with van der Waals surface area (Å²) in [6, 6.07) is 10.7. The number of methoxy groups -OCH3 is 1. The standard InChI is InChI=1S/C32H43NO6/c1-4-6-7-8-9-10-11-12-13-14-21-33-29(24-17-20-26(34)27(22-24)39-5-2)28(31(36)32(33)37)30(35)23-15-18-25(38-3)19-16-23/h15-20,22,29,34-35H,4-14,21H2,1-3H3/b30-28-. The Hall–Kier alpha value is -3.48. The molecule has 7 heteroatoms. The second-order valence-corrected chi connectivity index (χ2v) is 10.1. The minimum Gasteiger partial charge on any atom is -0.507 e. The Morgan fingerprint density at radius 1 is 0.872 bits per heavy atom. The van der Waals surface area contributed by atoms with Crippen molar-refractivity contribution in [2.45, 2.75) is 84.1 Å². The summed E-state index contributed by atoms with van der Waals surface area (Å²) in [4.78, 5) is 28.1. The van der Waals surface area contributed by atoms with Crippen molar-refractivity contribution < 1.29 is 29.3 Å². The Balaban J connectivity index is 1.81. The highest BCUT2D eigenvalue weighted by molar-refractivity contribution is 6.46. The van der Waals surface area contributed by atoms with E-state index in [1.807, 2.05) is 6.92 Å². The minimum atomic E-state index is -0.787. The fraction of sp³-hybridized carbons (Fsp3) is 0.500. The van der Waals surface area contributed by atoms with Gasteiger partial charge in [0.2, 0.25) is 0 Å². The fourth-order valence-corrected chi connectivity index (χ4v) is 5.10. The van der Waals surface area contributed by atoms with E-state index in [9.17, 15) is 19.8 Å². The van der Waals surface area contributed by atoms with E-state index in [1.54, 1.807) is 48.4 Å². The van der Waals surface area contributed by atoms with Crippen LogP contribution in [0.1, 0.15) is 95.2 Å². The Morgan fingerprint density at radius 2 is 1.49 bits per heavy atom. The van der Waals surface area contributed by atoms with Gasteiger partial charge >= 0.3 is 0 Å². The smallest absolute Gasteiger partial charge is 0.295 e. The molecule has 1 aliphatic rings. The predicted octanol–water partition coefficient (Wildman–Crippen LogP) is 7.14. The van der Waals surface area contributed by atoms with Crippen LogP contribution in [0.15, 0.2) is 48.0 Å². The number of carbonyl (C=O) groups is 2. The molecule has 1 unspecified atom stereocenters. The summed E-state index contributed by atoms with van der Waals surface area (Å²) in [7, 11) is 1.55. The zero-order chi connectivity index (χ0) is 28.2. The number of hydrogen-bond donors (Lipinski definition) is 2. The highest BCUT2D eigenvalue weighted by Gasteiger charge is 2.46. The van der Waals surface area contributed by atoms with Crippen LogP contribution in [0.25, 0.3) is 5.76 Å². The highest BCUT2D eigenvalue weighted by atomic mass is 16.5. The van der Waals surface area contributed by atoms with Crippen molar-refractivity contribution in [3.05, 3.63) is 59.2 Å². The van der Waals surface area contributed by atoms with Gasteiger partial charge in [0, 0.05) is 12.1 Å². The Kier molecular flexibility index (Phi) is 11.7. The van der Waals surface area contributed by atoms with Gasteiger partial charge in [0.25, 0.3) is 11.7 Å². The molecule has 2 aromatic rings. The number of benzene rings is 2. The second-order valence-electron chi connectivity index (χ2n) is 10.1. The number of aromatic hydroxyl groups is 1. The van der Waals surface area contributed by atoms with Crippen LogP contribution in [0.4, 0.5) is 0 Å². The number of ether oxygens (including phenoxy) is 2. The van der Waals surface area contributed by atoms with Crippen LogP contribution in [0.3, 0.4) is 0 Å². The van der Waals surface area contributed by atoms with E-state index in [1.165, 1.54) is 51.0 Å². The van der Waals surface area contributed by atoms with E-state index in [0.29, 0.717) is 30.0 Å². The molecule has 0 saturated carbocycles. The number of ketones is 1. The molecule has 1 heterocycles. The first kappa shape index (κ1) is 30.1. The largest absolute Gasteiger partial charge is 0.507 e. The van der Waals surface area contributed by atoms with Gasteiger partial charge in [-0.1, -0.05) is 70.8 Å². The molecule has 0 aromatic heterocycles. The van der Waals surface area contributed by atoms with Gasteiger partial charge in [-0.15, -0.1) is 0 Å². The average Bonchev–Trinajstić information content (AvgIpc) is 3.20. The molecule has 0 bridgehead atoms. The molecule has 1 atom stereocenters.